The maximum absolute atomic E-state index is 11.6. The van der Waals surface area contributed by atoms with Gasteiger partial charge in [0, 0.05) is 12.4 Å². The minimum atomic E-state index is -0.453. The number of rotatable bonds is 4. The van der Waals surface area contributed by atoms with Crippen molar-refractivity contribution in [3.63, 3.8) is 0 Å². The van der Waals surface area contributed by atoms with Crippen LogP contribution in [0.15, 0.2) is 48.0 Å². The summed E-state index contributed by atoms with van der Waals surface area (Å²) in [5, 5.41) is 3.80. The molecule has 106 valence electrons. The lowest BCUT2D eigenvalue weighted by molar-refractivity contribution is 0.0600. The van der Waals surface area contributed by atoms with Gasteiger partial charge in [-0.2, -0.15) is 5.10 Å². The number of nitrogens with one attached hydrogen (secondary N) is 1. The summed E-state index contributed by atoms with van der Waals surface area (Å²) in [5.41, 5.74) is 3.68. The van der Waals surface area contributed by atoms with Gasteiger partial charge in [-0.05, 0) is 17.7 Å². The molecule has 1 amide bonds. The number of amides is 1. The van der Waals surface area contributed by atoms with Crippen molar-refractivity contribution < 1.29 is 14.3 Å². The zero-order valence-electron chi connectivity index (χ0n) is 11.2. The van der Waals surface area contributed by atoms with Gasteiger partial charge in [0.25, 0.3) is 5.91 Å². The van der Waals surface area contributed by atoms with Crippen molar-refractivity contribution >= 4 is 18.1 Å². The summed E-state index contributed by atoms with van der Waals surface area (Å²) in [6, 6.07) is 6.59. The second-order valence-electron chi connectivity index (χ2n) is 3.90. The number of hydrogen-bond acceptors (Lipinski definition) is 6. The number of methoxy groups -OCH3 is 1. The zero-order valence-corrected chi connectivity index (χ0v) is 11.2. The fraction of sp³-hybridized carbons (Fsp3) is 0.0714. The largest absolute Gasteiger partial charge is 0.465 e. The predicted molar refractivity (Wildman–Crippen MR) is 74.9 cm³/mol. The molecule has 1 aromatic heterocycles. The van der Waals surface area contributed by atoms with Gasteiger partial charge in [0.05, 0.1) is 25.1 Å². The average molecular weight is 284 g/mol. The molecule has 1 N–H and O–H groups in total. The maximum atomic E-state index is 11.6. The van der Waals surface area contributed by atoms with Crippen LogP contribution in [0.1, 0.15) is 26.4 Å². The number of carbonyl (C=O) groups is 2. The van der Waals surface area contributed by atoms with E-state index in [1.54, 1.807) is 24.3 Å². The Hall–Kier alpha value is -3.09. The van der Waals surface area contributed by atoms with E-state index >= 15 is 0 Å². The van der Waals surface area contributed by atoms with Crippen molar-refractivity contribution in [1.29, 1.82) is 0 Å². The Bertz CT molecular complexity index is 654. The van der Waals surface area contributed by atoms with Gasteiger partial charge in [0.1, 0.15) is 5.69 Å². The van der Waals surface area contributed by atoms with Gasteiger partial charge in [-0.15, -0.1) is 0 Å². The molecule has 1 heterocycles. The fourth-order valence-corrected chi connectivity index (χ4v) is 1.46. The first-order valence-electron chi connectivity index (χ1n) is 5.98. The molecule has 0 aliphatic heterocycles. The summed E-state index contributed by atoms with van der Waals surface area (Å²) in [4.78, 5) is 30.5. The number of esters is 1. The van der Waals surface area contributed by atoms with Crippen molar-refractivity contribution in [2.24, 2.45) is 5.10 Å². The van der Waals surface area contributed by atoms with Crippen LogP contribution < -0.4 is 5.43 Å². The van der Waals surface area contributed by atoms with E-state index in [1.807, 2.05) is 0 Å². The number of nitrogens with zero attached hydrogens (tertiary/aromatic N) is 3. The molecule has 1 aromatic carbocycles. The summed E-state index contributed by atoms with van der Waals surface area (Å²) in [5.74, 6) is -0.861. The minimum absolute atomic E-state index is 0.177. The molecular weight excluding hydrogens is 272 g/mol. The van der Waals surface area contributed by atoms with E-state index < -0.39 is 11.9 Å². The molecule has 0 aliphatic carbocycles. The Morgan fingerprint density at radius 2 is 2.00 bits per heavy atom. The van der Waals surface area contributed by atoms with Gasteiger partial charge in [0.2, 0.25) is 0 Å². The first kappa shape index (κ1) is 14.3. The second kappa shape index (κ2) is 6.90. The Morgan fingerprint density at radius 1 is 1.24 bits per heavy atom. The van der Waals surface area contributed by atoms with Crippen LogP contribution >= 0.6 is 0 Å². The van der Waals surface area contributed by atoms with Gasteiger partial charge >= 0.3 is 5.97 Å². The van der Waals surface area contributed by atoms with Crippen molar-refractivity contribution in [2.75, 3.05) is 7.11 Å². The van der Waals surface area contributed by atoms with Gasteiger partial charge in [-0.25, -0.2) is 15.2 Å². The Kier molecular flexibility index (Phi) is 4.70. The van der Waals surface area contributed by atoms with Crippen LogP contribution in [-0.4, -0.2) is 35.2 Å². The lowest BCUT2D eigenvalue weighted by Crippen LogP contribution is -2.19. The first-order valence-corrected chi connectivity index (χ1v) is 5.98. The van der Waals surface area contributed by atoms with Crippen molar-refractivity contribution in [1.82, 2.24) is 15.4 Å². The summed E-state index contributed by atoms with van der Waals surface area (Å²) in [6.07, 6.45) is 5.69. The van der Waals surface area contributed by atoms with E-state index in [2.05, 4.69) is 25.2 Å². The average Bonchev–Trinajstić information content (AvgIpc) is 2.55. The van der Waals surface area contributed by atoms with Crippen LogP contribution in [0.3, 0.4) is 0 Å². The first-order chi connectivity index (χ1) is 10.2. The summed E-state index contributed by atoms with van der Waals surface area (Å²) >= 11 is 0. The number of benzene rings is 1. The van der Waals surface area contributed by atoms with Crippen LogP contribution in [0.4, 0.5) is 0 Å². The molecule has 2 aromatic rings. The highest BCUT2D eigenvalue weighted by Gasteiger charge is 2.05. The lowest BCUT2D eigenvalue weighted by Gasteiger charge is -1.99. The van der Waals surface area contributed by atoms with Gasteiger partial charge in [0.15, 0.2) is 0 Å². The number of aromatic nitrogens is 2. The predicted octanol–water partition coefficient (Wildman–Crippen LogP) is 1.03. The number of ether oxygens (including phenoxy) is 1. The SMILES string of the molecule is COC(=O)c1ccc(/C=N\NC(=O)c2cnccn2)cc1. The number of hydrogen-bond donors (Lipinski definition) is 1. The monoisotopic (exact) mass is 284 g/mol. The molecule has 0 aliphatic rings. The molecule has 0 spiro atoms. The molecule has 0 atom stereocenters. The fourth-order valence-electron chi connectivity index (χ4n) is 1.46. The summed E-state index contributed by atoms with van der Waals surface area (Å²) in [6.45, 7) is 0. The zero-order chi connectivity index (χ0) is 15.1. The highest BCUT2D eigenvalue weighted by molar-refractivity contribution is 5.93. The number of carbonyl (C=O) groups excluding carboxylic acids is 2. The molecule has 7 nitrogen and oxygen atoms in total. The molecule has 21 heavy (non-hydrogen) atoms. The molecule has 0 radical (unpaired) electrons. The third-order valence-electron chi connectivity index (χ3n) is 2.51. The van der Waals surface area contributed by atoms with Crippen LogP contribution in [0.5, 0.6) is 0 Å². The Labute approximate surface area is 120 Å². The molecule has 0 saturated carbocycles. The lowest BCUT2D eigenvalue weighted by atomic mass is 10.1. The standard InChI is InChI=1S/C14H12N4O3/c1-21-14(20)11-4-2-10(3-5-11)8-17-18-13(19)12-9-15-6-7-16-12/h2-9H,1H3,(H,18,19)/b17-8-. The van der Waals surface area contributed by atoms with Gasteiger partial charge in [-0.1, -0.05) is 12.1 Å². The topological polar surface area (TPSA) is 93.5 Å². The van der Waals surface area contributed by atoms with Crippen molar-refractivity contribution in [2.45, 2.75) is 0 Å². The van der Waals surface area contributed by atoms with E-state index in [0.717, 1.165) is 5.56 Å². The quantitative estimate of drug-likeness (QED) is 0.514. The molecule has 0 bridgehead atoms. The van der Waals surface area contributed by atoms with Gasteiger partial charge < -0.3 is 4.74 Å². The van der Waals surface area contributed by atoms with E-state index in [0.29, 0.717) is 5.56 Å². The van der Waals surface area contributed by atoms with Crippen molar-refractivity contribution in [3.05, 3.63) is 59.7 Å². The highest BCUT2D eigenvalue weighted by atomic mass is 16.5. The molecule has 2 rings (SSSR count). The van der Waals surface area contributed by atoms with E-state index in [9.17, 15) is 9.59 Å². The summed E-state index contributed by atoms with van der Waals surface area (Å²) in [7, 11) is 1.32. The third-order valence-corrected chi connectivity index (χ3v) is 2.51. The maximum Gasteiger partial charge on any atom is 0.337 e. The number of hydrazone groups is 1. The summed E-state index contributed by atoms with van der Waals surface area (Å²) < 4.78 is 4.60. The van der Waals surface area contributed by atoms with Crippen LogP contribution in [0.2, 0.25) is 0 Å². The molecular formula is C14H12N4O3. The Balaban J connectivity index is 1.95. The van der Waals surface area contributed by atoms with E-state index in [4.69, 9.17) is 0 Å². The van der Waals surface area contributed by atoms with Crippen LogP contribution in [0, 0.1) is 0 Å². The highest BCUT2D eigenvalue weighted by Crippen LogP contribution is 2.03. The van der Waals surface area contributed by atoms with Crippen LogP contribution in [0.25, 0.3) is 0 Å². The van der Waals surface area contributed by atoms with E-state index in [-0.39, 0.29) is 5.69 Å². The van der Waals surface area contributed by atoms with Crippen LogP contribution in [-0.2, 0) is 4.74 Å². The molecule has 0 fully saturated rings. The van der Waals surface area contributed by atoms with Gasteiger partial charge in [-0.3, -0.25) is 9.78 Å². The Morgan fingerprint density at radius 3 is 2.62 bits per heavy atom. The molecule has 0 saturated heterocycles. The molecule has 7 heteroatoms. The smallest absolute Gasteiger partial charge is 0.337 e. The second-order valence-corrected chi connectivity index (χ2v) is 3.90. The minimum Gasteiger partial charge on any atom is -0.465 e. The van der Waals surface area contributed by atoms with E-state index in [1.165, 1.54) is 31.9 Å². The van der Waals surface area contributed by atoms with Crippen molar-refractivity contribution in [3.8, 4) is 0 Å². The third kappa shape index (κ3) is 3.93. The molecule has 0 unspecified atom stereocenters. The normalized spacial score (nSPS) is 10.3.